The minimum absolute atomic E-state index is 0.0202. The van der Waals surface area contributed by atoms with Crippen molar-refractivity contribution in [1.29, 1.82) is 0 Å². The van der Waals surface area contributed by atoms with Crippen molar-refractivity contribution in [2.75, 3.05) is 16.8 Å². The second-order valence-corrected chi connectivity index (χ2v) is 8.03. The minimum Gasteiger partial charge on any atom is -0.312 e. The normalized spacial score (nSPS) is 16.4. The second-order valence-electron chi connectivity index (χ2n) is 7.02. The lowest BCUT2D eigenvalue weighted by Gasteiger charge is -2.17. The topological polar surface area (TPSA) is 75.2 Å². The van der Waals surface area contributed by atoms with Gasteiger partial charge in [-0.2, -0.15) is 0 Å². The van der Waals surface area contributed by atoms with Crippen molar-refractivity contribution >= 4 is 34.0 Å². The first-order chi connectivity index (χ1) is 13.5. The molecule has 1 aliphatic rings. The molecule has 6 nitrogen and oxygen atoms in total. The number of amides is 2. The Balaban J connectivity index is 1.47. The van der Waals surface area contributed by atoms with Gasteiger partial charge in [0.15, 0.2) is 0 Å². The van der Waals surface area contributed by atoms with Crippen LogP contribution in [0, 0.1) is 13.8 Å². The van der Waals surface area contributed by atoms with Gasteiger partial charge in [-0.1, -0.05) is 35.6 Å². The number of anilines is 2. The number of nitrogens with one attached hydrogen (secondary N) is 1. The quantitative estimate of drug-likeness (QED) is 0.730. The summed E-state index contributed by atoms with van der Waals surface area (Å²) >= 11 is 1.33. The molecule has 2 amide bonds. The van der Waals surface area contributed by atoms with Gasteiger partial charge in [-0.15, -0.1) is 10.2 Å². The highest BCUT2D eigenvalue weighted by Crippen LogP contribution is 2.34. The summed E-state index contributed by atoms with van der Waals surface area (Å²) in [4.78, 5) is 26.6. The molecule has 0 radical (unpaired) electrons. The van der Waals surface area contributed by atoms with Gasteiger partial charge in [0.25, 0.3) is 5.91 Å². The molecule has 2 aromatic carbocycles. The van der Waals surface area contributed by atoms with Gasteiger partial charge in [-0.05, 0) is 49.2 Å². The Kier molecular flexibility index (Phi) is 4.92. The number of aromatic nitrogens is 2. The van der Waals surface area contributed by atoms with Gasteiger partial charge in [0, 0.05) is 30.1 Å². The summed E-state index contributed by atoms with van der Waals surface area (Å²) in [5, 5.41) is 12.3. The fourth-order valence-electron chi connectivity index (χ4n) is 3.44. The van der Waals surface area contributed by atoms with Crippen molar-refractivity contribution in [1.82, 2.24) is 10.2 Å². The van der Waals surface area contributed by atoms with E-state index < -0.39 is 0 Å². The van der Waals surface area contributed by atoms with E-state index in [1.807, 2.05) is 49.1 Å². The van der Waals surface area contributed by atoms with Crippen LogP contribution < -0.4 is 10.2 Å². The molecule has 1 fully saturated rings. The third-order valence-electron chi connectivity index (χ3n) is 4.69. The molecule has 1 N–H and O–H groups in total. The molecule has 0 bridgehead atoms. The summed E-state index contributed by atoms with van der Waals surface area (Å²) in [5.74, 6) is -0.157. The summed E-state index contributed by atoms with van der Waals surface area (Å²) in [7, 11) is 0. The van der Waals surface area contributed by atoms with Crippen LogP contribution in [0.3, 0.4) is 0 Å². The van der Waals surface area contributed by atoms with E-state index in [1.54, 1.807) is 12.1 Å². The molecule has 7 heteroatoms. The molecule has 1 aliphatic heterocycles. The van der Waals surface area contributed by atoms with Crippen LogP contribution in [0.15, 0.2) is 48.5 Å². The van der Waals surface area contributed by atoms with Crippen molar-refractivity contribution < 1.29 is 9.59 Å². The van der Waals surface area contributed by atoms with Crippen molar-refractivity contribution in [3.63, 3.8) is 0 Å². The van der Waals surface area contributed by atoms with Crippen LogP contribution >= 0.6 is 11.3 Å². The predicted molar refractivity (Wildman–Crippen MR) is 110 cm³/mol. The molecule has 0 spiro atoms. The van der Waals surface area contributed by atoms with E-state index in [0.29, 0.717) is 23.7 Å². The van der Waals surface area contributed by atoms with E-state index in [-0.39, 0.29) is 17.7 Å². The molecular weight excluding hydrogens is 372 g/mol. The number of benzene rings is 2. The number of rotatable bonds is 4. The molecular formula is C21H20N4O2S. The van der Waals surface area contributed by atoms with Crippen molar-refractivity contribution in [2.45, 2.75) is 26.2 Å². The van der Waals surface area contributed by atoms with Crippen molar-refractivity contribution in [2.24, 2.45) is 0 Å². The van der Waals surface area contributed by atoms with Gasteiger partial charge in [0.1, 0.15) is 5.01 Å². The Morgan fingerprint density at radius 3 is 2.54 bits per heavy atom. The van der Waals surface area contributed by atoms with Crippen LogP contribution in [0.4, 0.5) is 10.8 Å². The number of hydrogen-bond acceptors (Lipinski definition) is 5. The van der Waals surface area contributed by atoms with Gasteiger partial charge < -0.3 is 4.90 Å². The van der Waals surface area contributed by atoms with Crippen molar-refractivity contribution in [3.8, 4) is 0 Å². The lowest BCUT2D eigenvalue weighted by molar-refractivity contribution is -0.117. The Bertz CT molecular complexity index is 1010. The minimum atomic E-state index is -0.220. The fourth-order valence-corrected chi connectivity index (χ4v) is 4.27. The summed E-state index contributed by atoms with van der Waals surface area (Å²) in [6.07, 6.45) is 0.397. The number of nitrogens with zero attached hydrogens (tertiary/aromatic N) is 3. The lowest BCUT2D eigenvalue weighted by atomic mass is 10.1. The zero-order valence-corrected chi connectivity index (χ0v) is 16.5. The molecule has 0 aliphatic carbocycles. The lowest BCUT2D eigenvalue weighted by Crippen LogP contribution is -2.24. The summed E-state index contributed by atoms with van der Waals surface area (Å²) in [5.41, 5.74) is 3.75. The maximum atomic E-state index is 12.6. The van der Waals surface area contributed by atoms with Gasteiger partial charge in [-0.25, -0.2) is 0 Å². The average molecular weight is 392 g/mol. The molecule has 1 atom stereocenters. The van der Waals surface area contributed by atoms with Crippen LogP contribution in [-0.4, -0.2) is 28.6 Å². The number of carbonyl (C=O) groups is 2. The average Bonchev–Trinajstić information content (AvgIpc) is 3.28. The number of carbonyl (C=O) groups excluding carboxylic acids is 2. The third kappa shape index (κ3) is 3.80. The molecule has 2 heterocycles. The first-order valence-corrected chi connectivity index (χ1v) is 9.90. The van der Waals surface area contributed by atoms with Crippen molar-refractivity contribution in [3.05, 3.63) is 70.2 Å². The highest BCUT2D eigenvalue weighted by molar-refractivity contribution is 7.15. The number of hydrogen-bond donors (Lipinski definition) is 1. The van der Waals surface area contributed by atoms with Crippen LogP contribution in [0.5, 0.6) is 0 Å². The first-order valence-electron chi connectivity index (χ1n) is 9.08. The highest BCUT2D eigenvalue weighted by Gasteiger charge is 2.34. The molecule has 1 aromatic heterocycles. The second kappa shape index (κ2) is 7.52. The standard InChI is InChI=1S/C21H20N4O2S/c1-13-8-14(2)10-17(9-13)25-12-16(11-18(25)26)20-23-24-21(28-20)22-19(27)15-6-4-3-5-7-15/h3-10,16H,11-12H2,1-2H3,(H,22,24,27)/t16-/m0/s1. The summed E-state index contributed by atoms with van der Waals surface area (Å²) in [6.45, 7) is 4.63. The predicted octanol–water partition coefficient (Wildman–Crippen LogP) is 3.93. The van der Waals surface area contributed by atoms with Crippen LogP contribution in [0.2, 0.25) is 0 Å². The molecule has 1 saturated heterocycles. The zero-order valence-electron chi connectivity index (χ0n) is 15.7. The van der Waals surface area contributed by atoms with E-state index in [4.69, 9.17) is 0 Å². The zero-order chi connectivity index (χ0) is 19.7. The maximum absolute atomic E-state index is 12.6. The van der Waals surface area contributed by atoms with Gasteiger partial charge in [0.2, 0.25) is 11.0 Å². The van der Waals surface area contributed by atoms with E-state index in [0.717, 1.165) is 21.8 Å². The molecule has 0 unspecified atom stereocenters. The van der Waals surface area contributed by atoms with Crippen LogP contribution in [-0.2, 0) is 4.79 Å². The molecule has 0 saturated carbocycles. The smallest absolute Gasteiger partial charge is 0.257 e. The van der Waals surface area contributed by atoms with Gasteiger partial charge in [0.05, 0.1) is 0 Å². The van der Waals surface area contributed by atoms with E-state index in [1.165, 1.54) is 11.3 Å². The highest BCUT2D eigenvalue weighted by atomic mass is 32.1. The Morgan fingerprint density at radius 2 is 1.82 bits per heavy atom. The Hall–Kier alpha value is -3.06. The van der Waals surface area contributed by atoms with E-state index in [9.17, 15) is 9.59 Å². The van der Waals surface area contributed by atoms with Crippen LogP contribution in [0.25, 0.3) is 0 Å². The molecule has 28 heavy (non-hydrogen) atoms. The van der Waals surface area contributed by atoms with E-state index >= 15 is 0 Å². The first kappa shape index (κ1) is 18.3. The summed E-state index contributed by atoms with van der Waals surface area (Å²) in [6, 6.07) is 15.1. The van der Waals surface area contributed by atoms with E-state index in [2.05, 4.69) is 21.6 Å². The maximum Gasteiger partial charge on any atom is 0.257 e. The van der Waals surface area contributed by atoms with Gasteiger partial charge in [-0.3, -0.25) is 14.9 Å². The Morgan fingerprint density at radius 1 is 1.11 bits per heavy atom. The largest absolute Gasteiger partial charge is 0.312 e. The van der Waals surface area contributed by atoms with Crippen LogP contribution in [0.1, 0.15) is 38.8 Å². The summed E-state index contributed by atoms with van der Waals surface area (Å²) < 4.78 is 0. The fraction of sp³-hybridized carbons (Fsp3) is 0.238. The Labute approximate surface area is 167 Å². The third-order valence-corrected chi connectivity index (χ3v) is 5.69. The molecule has 3 aromatic rings. The molecule has 4 rings (SSSR count). The SMILES string of the molecule is Cc1cc(C)cc(N2C[C@@H](c3nnc(NC(=O)c4ccccc4)s3)CC2=O)c1. The monoisotopic (exact) mass is 392 g/mol. The van der Waals surface area contributed by atoms with Gasteiger partial charge >= 0.3 is 0 Å². The molecule has 142 valence electrons. The number of aryl methyl sites for hydroxylation is 2.